The van der Waals surface area contributed by atoms with E-state index in [1.807, 2.05) is 24.9 Å². The zero-order valence-corrected chi connectivity index (χ0v) is 16.5. The molecule has 2 aromatic rings. The summed E-state index contributed by atoms with van der Waals surface area (Å²) in [4.78, 5) is 17.2. The van der Waals surface area contributed by atoms with Crippen LogP contribution >= 0.6 is 11.5 Å². The number of nitrogens with zero attached hydrogens (tertiary/aromatic N) is 3. The van der Waals surface area contributed by atoms with Crippen molar-refractivity contribution < 1.29 is 14.3 Å². The molecular weight excluding hydrogens is 364 g/mol. The van der Waals surface area contributed by atoms with Gasteiger partial charge in [-0.05, 0) is 36.2 Å². The number of carbonyl (C=O) groups is 1. The van der Waals surface area contributed by atoms with Crippen LogP contribution in [0.15, 0.2) is 18.2 Å². The Morgan fingerprint density at radius 3 is 2.67 bits per heavy atom. The second kappa shape index (κ2) is 7.74. The number of aryl methyl sites for hydroxylation is 1. The number of nitrogens with one attached hydrogen (secondary N) is 1. The van der Waals surface area contributed by atoms with E-state index in [0.29, 0.717) is 18.8 Å². The number of hydrogen-bond donors (Lipinski definition) is 1. The first-order valence-electron chi connectivity index (χ1n) is 9.20. The number of fused-ring (bicyclic) bond motifs is 1. The smallest absolute Gasteiger partial charge is 0.258 e. The molecule has 144 valence electrons. The van der Waals surface area contributed by atoms with E-state index in [1.165, 1.54) is 17.1 Å². The van der Waals surface area contributed by atoms with E-state index in [9.17, 15) is 4.79 Å². The van der Waals surface area contributed by atoms with Crippen LogP contribution < -0.4 is 14.8 Å². The van der Waals surface area contributed by atoms with Gasteiger partial charge in [-0.25, -0.2) is 0 Å². The minimum Gasteiger partial charge on any atom is -0.486 e. The Balaban J connectivity index is 1.36. The second-order valence-corrected chi connectivity index (χ2v) is 7.54. The van der Waals surface area contributed by atoms with Gasteiger partial charge in [0.1, 0.15) is 18.2 Å². The largest absolute Gasteiger partial charge is 0.486 e. The summed E-state index contributed by atoms with van der Waals surface area (Å²) in [6, 6.07) is 6.13. The van der Waals surface area contributed by atoms with Crippen molar-refractivity contribution >= 4 is 22.4 Å². The summed E-state index contributed by atoms with van der Waals surface area (Å²) >= 11 is 1.34. The lowest BCUT2D eigenvalue weighted by Crippen LogP contribution is -2.48. The maximum atomic E-state index is 12.9. The summed E-state index contributed by atoms with van der Waals surface area (Å²) < 4.78 is 15.6. The summed E-state index contributed by atoms with van der Waals surface area (Å²) in [5, 5.41) is 3.92. The molecule has 0 atom stereocenters. The zero-order chi connectivity index (χ0) is 18.8. The van der Waals surface area contributed by atoms with Gasteiger partial charge in [0.15, 0.2) is 11.5 Å². The lowest BCUT2D eigenvalue weighted by molar-refractivity contribution is 0.0628. The van der Waals surface area contributed by atoms with Crippen molar-refractivity contribution in [2.24, 2.45) is 0 Å². The predicted octanol–water partition coefficient (Wildman–Crippen LogP) is 2.22. The van der Waals surface area contributed by atoms with Crippen LogP contribution in [-0.4, -0.2) is 66.5 Å². The minimum atomic E-state index is 0.0737. The van der Waals surface area contributed by atoms with E-state index in [-0.39, 0.29) is 5.91 Å². The number of ether oxygens (including phenoxy) is 2. The molecular formula is C19H24N4O3S. The molecule has 3 heterocycles. The molecule has 0 bridgehead atoms. The van der Waals surface area contributed by atoms with Crippen LogP contribution in [0.25, 0.3) is 0 Å². The molecule has 0 aliphatic carbocycles. The highest BCUT2D eigenvalue weighted by Crippen LogP contribution is 2.31. The molecule has 8 heteroatoms. The van der Waals surface area contributed by atoms with Gasteiger partial charge in [-0.2, -0.15) is 4.37 Å². The van der Waals surface area contributed by atoms with E-state index in [4.69, 9.17) is 9.47 Å². The fourth-order valence-electron chi connectivity index (χ4n) is 3.50. The zero-order valence-electron chi connectivity index (χ0n) is 15.7. The van der Waals surface area contributed by atoms with E-state index < -0.39 is 0 Å². The van der Waals surface area contributed by atoms with Gasteiger partial charge in [-0.3, -0.25) is 9.69 Å². The third-order valence-electron chi connectivity index (χ3n) is 4.98. The second-order valence-electron chi connectivity index (χ2n) is 6.77. The van der Waals surface area contributed by atoms with Crippen molar-refractivity contribution in [3.05, 3.63) is 35.0 Å². The van der Waals surface area contributed by atoms with Crippen LogP contribution in [0.5, 0.6) is 11.5 Å². The van der Waals surface area contributed by atoms with Gasteiger partial charge < -0.3 is 19.7 Å². The summed E-state index contributed by atoms with van der Waals surface area (Å²) in [5.41, 5.74) is 2.71. The predicted molar refractivity (Wildman–Crippen MR) is 105 cm³/mol. The Morgan fingerprint density at radius 2 is 1.93 bits per heavy atom. The molecule has 1 amide bonds. The monoisotopic (exact) mass is 388 g/mol. The van der Waals surface area contributed by atoms with Gasteiger partial charge in [0.2, 0.25) is 0 Å². The molecule has 0 unspecified atom stereocenters. The maximum absolute atomic E-state index is 12.9. The number of amides is 1. The van der Waals surface area contributed by atoms with Crippen molar-refractivity contribution in [3.8, 4) is 11.5 Å². The van der Waals surface area contributed by atoms with Crippen molar-refractivity contribution in [1.29, 1.82) is 0 Å². The Bertz CT molecular complexity index is 830. The van der Waals surface area contributed by atoms with Crippen molar-refractivity contribution in [2.75, 3.05) is 51.8 Å². The molecule has 1 aromatic heterocycles. The van der Waals surface area contributed by atoms with Gasteiger partial charge in [0.25, 0.3) is 5.91 Å². The Labute approximate surface area is 163 Å². The van der Waals surface area contributed by atoms with Gasteiger partial charge in [-0.1, -0.05) is 6.07 Å². The lowest BCUT2D eigenvalue weighted by atomic mass is 10.1. The number of benzene rings is 1. The van der Waals surface area contributed by atoms with E-state index >= 15 is 0 Å². The standard InChI is InChI=1S/C19H24N4O3S/c1-13-17(18(20-2)27-21-13)19(24)23-7-5-22(6-8-23)12-14-3-4-15-16(11-14)26-10-9-25-15/h3-4,11,20H,5-10,12H2,1-2H3. The van der Waals surface area contributed by atoms with Crippen LogP contribution in [0.1, 0.15) is 21.6 Å². The average Bonchev–Trinajstić information content (AvgIpc) is 3.08. The Morgan fingerprint density at radius 1 is 1.19 bits per heavy atom. The molecule has 2 aliphatic heterocycles. The van der Waals surface area contributed by atoms with Crippen molar-refractivity contribution in [2.45, 2.75) is 13.5 Å². The molecule has 4 rings (SSSR count). The van der Waals surface area contributed by atoms with E-state index in [1.54, 1.807) is 0 Å². The van der Waals surface area contributed by atoms with E-state index in [2.05, 4.69) is 26.7 Å². The van der Waals surface area contributed by atoms with E-state index in [0.717, 1.165) is 54.9 Å². The first-order chi connectivity index (χ1) is 13.2. The fraction of sp³-hybridized carbons (Fsp3) is 0.474. The highest BCUT2D eigenvalue weighted by Gasteiger charge is 2.27. The Kier molecular flexibility index (Phi) is 5.18. The van der Waals surface area contributed by atoms with Gasteiger partial charge in [-0.15, -0.1) is 0 Å². The third-order valence-corrected chi connectivity index (χ3v) is 5.93. The third kappa shape index (κ3) is 3.72. The summed E-state index contributed by atoms with van der Waals surface area (Å²) in [7, 11) is 1.83. The Hall–Kier alpha value is -2.32. The van der Waals surface area contributed by atoms with Crippen LogP contribution in [0.4, 0.5) is 5.00 Å². The first kappa shape index (κ1) is 18.1. The highest BCUT2D eigenvalue weighted by molar-refractivity contribution is 7.10. The van der Waals surface area contributed by atoms with Gasteiger partial charge in [0.05, 0.1) is 11.3 Å². The molecule has 1 fully saturated rings. The van der Waals surface area contributed by atoms with Crippen LogP contribution in [0.2, 0.25) is 0 Å². The molecule has 0 radical (unpaired) electrons. The van der Waals surface area contributed by atoms with Crippen molar-refractivity contribution in [1.82, 2.24) is 14.2 Å². The number of anilines is 1. The molecule has 27 heavy (non-hydrogen) atoms. The van der Waals surface area contributed by atoms with Gasteiger partial charge >= 0.3 is 0 Å². The molecule has 2 aliphatic rings. The molecule has 0 saturated carbocycles. The topological polar surface area (TPSA) is 66.9 Å². The highest BCUT2D eigenvalue weighted by atomic mass is 32.1. The number of piperazine rings is 1. The fourth-order valence-corrected chi connectivity index (χ4v) is 4.24. The number of aromatic nitrogens is 1. The maximum Gasteiger partial charge on any atom is 0.258 e. The van der Waals surface area contributed by atoms with Crippen LogP contribution in [-0.2, 0) is 6.54 Å². The van der Waals surface area contributed by atoms with Crippen molar-refractivity contribution in [3.63, 3.8) is 0 Å². The normalized spacial score (nSPS) is 17.0. The summed E-state index contributed by atoms with van der Waals surface area (Å²) in [5.74, 6) is 1.72. The lowest BCUT2D eigenvalue weighted by Gasteiger charge is -2.35. The number of rotatable bonds is 4. The van der Waals surface area contributed by atoms with Gasteiger partial charge in [0, 0.05) is 39.8 Å². The number of hydrogen-bond acceptors (Lipinski definition) is 7. The first-order valence-corrected chi connectivity index (χ1v) is 9.97. The molecule has 0 spiro atoms. The molecule has 1 N–H and O–H groups in total. The average molecular weight is 388 g/mol. The summed E-state index contributed by atoms with van der Waals surface area (Å²) in [6.07, 6.45) is 0. The minimum absolute atomic E-state index is 0.0737. The molecule has 1 aromatic carbocycles. The van der Waals surface area contributed by atoms with Crippen LogP contribution in [0, 0.1) is 6.92 Å². The SMILES string of the molecule is CNc1snc(C)c1C(=O)N1CCN(Cc2ccc3c(c2)OCCO3)CC1. The summed E-state index contributed by atoms with van der Waals surface area (Å²) in [6.45, 7) is 7.10. The quantitative estimate of drug-likeness (QED) is 0.866. The molecule has 1 saturated heterocycles. The van der Waals surface area contributed by atoms with Crippen LogP contribution in [0.3, 0.4) is 0 Å². The molecule has 7 nitrogen and oxygen atoms in total. The number of carbonyl (C=O) groups excluding carboxylic acids is 1.